The average Bonchev–Trinajstić information content (AvgIpc) is 1.68. The lowest BCUT2D eigenvalue weighted by atomic mass is 9.89. The van der Waals surface area contributed by atoms with E-state index in [2.05, 4.69) is 319 Å². The van der Waals surface area contributed by atoms with Crippen molar-refractivity contribution in [1.82, 2.24) is 14.6 Å². The van der Waals surface area contributed by atoms with Gasteiger partial charge in [0.1, 0.15) is 39.7 Å². The van der Waals surface area contributed by atoms with E-state index in [4.69, 9.17) is 4.98 Å². The van der Waals surface area contributed by atoms with Gasteiger partial charge in [-0.2, -0.15) is 0 Å². The van der Waals surface area contributed by atoms with Crippen molar-refractivity contribution in [2.24, 2.45) is 35.2 Å². The minimum absolute atomic E-state index is 0.169. The molecule has 7 aromatic heterocycles. The van der Waals surface area contributed by atoms with E-state index in [-0.39, 0.29) is 5.82 Å². The molecule has 95 heavy (non-hydrogen) atoms. The van der Waals surface area contributed by atoms with Gasteiger partial charge in [0.15, 0.2) is 31.8 Å². The molecule has 0 fully saturated rings. The van der Waals surface area contributed by atoms with Gasteiger partial charge in [0.2, 0.25) is 29.0 Å². The van der Waals surface area contributed by atoms with Crippen molar-refractivity contribution in [3.8, 4) is 84.1 Å². The molecule has 7 heterocycles. The van der Waals surface area contributed by atoms with Crippen molar-refractivity contribution in [1.29, 1.82) is 0 Å². The van der Waals surface area contributed by atoms with Crippen LogP contribution in [0.25, 0.3) is 84.1 Å². The van der Waals surface area contributed by atoms with E-state index in [0.29, 0.717) is 5.92 Å². The highest BCUT2D eigenvalue weighted by Crippen LogP contribution is 2.40. The smallest absolute Gasteiger partial charge is 0.214 e. The molecule has 0 saturated heterocycles. The van der Waals surface area contributed by atoms with E-state index in [1.807, 2.05) is 75.1 Å². The van der Waals surface area contributed by atoms with Crippen LogP contribution in [0.3, 0.4) is 0 Å². The summed E-state index contributed by atoms with van der Waals surface area (Å²) in [6, 6.07) is 75.3. The van der Waals surface area contributed by atoms with Gasteiger partial charge in [-0.05, 0) is 190 Å². The minimum atomic E-state index is -0.169. The van der Waals surface area contributed by atoms with Gasteiger partial charge in [-0.3, -0.25) is 9.97 Å². The van der Waals surface area contributed by atoms with E-state index in [9.17, 15) is 4.39 Å². The molecule has 0 amide bonds. The summed E-state index contributed by atoms with van der Waals surface area (Å²) in [6.45, 7) is 23.1. The third-order valence-electron chi connectivity index (χ3n) is 17.4. The number of nitrogens with zero attached hydrogens (tertiary/aromatic N) is 8. The Labute approximate surface area is 563 Å². The molecule has 9 heteroatoms. The third kappa shape index (κ3) is 16.8. The number of hydrogen-bond donors (Lipinski definition) is 0. The lowest BCUT2D eigenvalue weighted by Crippen LogP contribution is -2.37. The topological polar surface area (TPSA) is 50.1 Å². The molecule has 0 aliphatic heterocycles. The van der Waals surface area contributed by atoms with Gasteiger partial charge in [-0.1, -0.05) is 123 Å². The second-order valence-electron chi connectivity index (χ2n) is 24.9. The van der Waals surface area contributed by atoms with Gasteiger partial charge in [0.25, 0.3) is 0 Å². The maximum Gasteiger partial charge on any atom is 0.214 e. The summed E-state index contributed by atoms with van der Waals surface area (Å²) in [4.78, 5) is 9.07. The fourth-order valence-electron chi connectivity index (χ4n) is 12.6. The molecule has 0 saturated carbocycles. The van der Waals surface area contributed by atoms with Gasteiger partial charge in [0, 0.05) is 77.1 Å². The highest BCUT2D eigenvalue weighted by molar-refractivity contribution is 5.94. The standard InChI is InChI=1S/C30H28N3.C16H20N.C14H15FN.C13H15N2.C13H14N/c1-21-18-22(2)31-23(3)30(21)33-20-26(19-32(33)4)29-27(24-12-7-5-8-13-24)16-11-17-28(29)25-14-9-6-10-15-25;1-12(2)14-8-9-15(13(3)11-14)16-7-5-6-10-17(16)4;1-10-8-12(15)9-11(2)14(10)13-6-4-5-7-16(13)3;1-10-7-8-14-11(2)13(10)12-6-4-5-9-15(12)3;1-11-7-3-4-8-12(11)13-9-5-6-10-14(13)2/h5-20H,1-4H3;5-12H,1-4H3;4-9H,1-3H3;4-9H,1-3H3;3-10H,1-2H3/q5*+1. The molecule has 13 aromatic rings. The van der Waals surface area contributed by atoms with E-state index >= 15 is 0 Å². The van der Waals surface area contributed by atoms with Crippen molar-refractivity contribution in [3.05, 3.63) is 324 Å². The van der Waals surface area contributed by atoms with Crippen LogP contribution in [0, 0.1) is 68.1 Å². The zero-order valence-corrected chi connectivity index (χ0v) is 58.4. The zero-order chi connectivity index (χ0) is 67.9. The normalized spacial score (nSPS) is 10.7. The molecular formula is C86H92FN8+5. The van der Waals surface area contributed by atoms with Crippen LogP contribution in [0.4, 0.5) is 4.39 Å². The number of benzene rings is 6. The Morgan fingerprint density at radius 2 is 0.832 bits per heavy atom. The largest absolute Gasteiger partial charge is 0.261 e. The molecule has 0 N–H and O–H groups in total. The number of aryl methyl sites for hydroxylation is 14. The molecule has 0 bridgehead atoms. The van der Waals surface area contributed by atoms with Crippen molar-refractivity contribution < 1.29 is 27.3 Å². The predicted octanol–water partition coefficient (Wildman–Crippen LogP) is 17.8. The first kappa shape index (κ1) is 68.7. The second-order valence-corrected chi connectivity index (χ2v) is 24.9. The molecule has 478 valence electrons. The fourth-order valence-corrected chi connectivity index (χ4v) is 12.6. The van der Waals surface area contributed by atoms with Crippen LogP contribution >= 0.6 is 0 Å². The Morgan fingerprint density at radius 3 is 1.31 bits per heavy atom. The summed E-state index contributed by atoms with van der Waals surface area (Å²) in [5.41, 5.74) is 29.9. The lowest BCUT2D eigenvalue weighted by molar-refractivity contribution is -0.744. The first-order valence-corrected chi connectivity index (χ1v) is 32.6. The van der Waals surface area contributed by atoms with Gasteiger partial charge >= 0.3 is 0 Å². The summed E-state index contributed by atoms with van der Waals surface area (Å²) in [5, 5.41) is 0. The van der Waals surface area contributed by atoms with Crippen LogP contribution in [0.5, 0.6) is 0 Å². The number of rotatable bonds is 9. The van der Waals surface area contributed by atoms with E-state index in [1.54, 1.807) is 12.1 Å². The Hall–Kier alpha value is -10.6. The summed E-state index contributed by atoms with van der Waals surface area (Å²) >= 11 is 0. The van der Waals surface area contributed by atoms with Crippen LogP contribution < -0.4 is 23.0 Å². The first-order chi connectivity index (χ1) is 45.7. The molecule has 0 aliphatic carbocycles. The Kier molecular flexibility index (Phi) is 23.0. The van der Waals surface area contributed by atoms with Gasteiger partial charge in [0.05, 0.1) is 34.3 Å². The Bertz CT molecular complexity index is 4590. The highest BCUT2D eigenvalue weighted by Gasteiger charge is 2.23. The van der Waals surface area contributed by atoms with Crippen LogP contribution in [-0.2, 0) is 35.2 Å². The van der Waals surface area contributed by atoms with E-state index in [1.165, 1.54) is 95.0 Å². The van der Waals surface area contributed by atoms with Crippen molar-refractivity contribution >= 4 is 0 Å². The van der Waals surface area contributed by atoms with Gasteiger partial charge in [-0.15, -0.1) is 9.36 Å². The minimum Gasteiger partial charge on any atom is -0.261 e. The second kappa shape index (κ2) is 31.8. The maximum absolute atomic E-state index is 13.2. The molecule has 6 aromatic carbocycles. The predicted molar refractivity (Wildman–Crippen MR) is 388 cm³/mol. The zero-order valence-electron chi connectivity index (χ0n) is 58.4. The van der Waals surface area contributed by atoms with E-state index < -0.39 is 0 Å². The molecule has 0 radical (unpaired) electrons. The molecule has 0 spiro atoms. The number of hydrogen-bond acceptors (Lipinski definition) is 2. The third-order valence-corrected chi connectivity index (χ3v) is 17.4. The summed E-state index contributed by atoms with van der Waals surface area (Å²) < 4.78 is 26.1. The SMILES string of the molecule is Cc1cc(C(C)C)ccc1-c1cccc[n+]1C.Cc1cc(C)c(-n2cc(-c3c(-c4ccccc4)cccc3-c3ccccc3)c[n+]2C)c(C)n1.Cc1cc(F)cc(C)c1-c1cccc[n+]1C.Cc1ccccc1-c1cccc[n+]1C.Cc1ccnc(C)c1-c1cccc[n+]1C. The quantitative estimate of drug-likeness (QED) is 0.135. The van der Waals surface area contributed by atoms with Crippen molar-refractivity contribution in [2.75, 3.05) is 0 Å². The van der Waals surface area contributed by atoms with Crippen molar-refractivity contribution in [2.45, 2.75) is 82.1 Å². The molecule has 0 aliphatic rings. The summed E-state index contributed by atoms with van der Waals surface area (Å²) in [5.74, 6) is 0.421. The fraction of sp³-hybridized carbons (Fsp3) is 0.198. The first-order valence-electron chi connectivity index (χ1n) is 32.6. The molecule has 13 rings (SSSR count). The number of pyridine rings is 6. The molecule has 8 nitrogen and oxygen atoms in total. The van der Waals surface area contributed by atoms with Gasteiger partial charge < -0.3 is 0 Å². The monoisotopic (exact) mass is 1260 g/mol. The highest BCUT2D eigenvalue weighted by atomic mass is 19.1. The van der Waals surface area contributed by atoms with Crippen LogP contribution in [0.15, 0.2) is 262 Å². The van der Waals surface area contributed by atoms with Gasteiger partial charge in [-0.25, -0.2) is 22.7 Å². The molecular weight excluding hydrogens is 1160 g/mol. The Morgan fingerprint density at radius 1 is 0.368 bits per heavy atom. The number of aromatic nitrogens is 8. The van der Waals surface area contributed by atoms with Crippen molar-refractivity contribution in [3.63, 3.8) is 0 Å². The average molecular weight is 1260 g/mol. The molecule has 0 atom stereocenters. The summed E-state index contributed by atoms with van der Waals surface area (Å²) in [6.07, 6.45) is 14.5. The van der Waals surface area contributed by atoms with Crippen LogP contribution in [0.1, 0.15) is 75.8 Å². The van der Waals surface area contributed by atoms with Crippen LogP contribution in [0.2, 0.25) is 0 Å². The maximum atomic E-state index is 13.2. The molecule has 0 unspecified atom stereocenters. The Balaban J connectivity index is 0.000000147. The summed E-state index contributed by atoms with van der Waals surface area (Å²) in [7, 11) is 10.3. The van der Waals surface area contributed by atoms with E-state index in [0.717, 1.165) is 45.2 Å². The van der Waals surface area contributed by atoms with Crippen LogP contribution in [-0.4, -0.2) is 14.6 Å². The number of halogens is 1. The lowest BCUT2D eigenvalue weighted by Gasteiger charge is -2.14.